The summed E-state index contributed by atoms with van der Waals surface area (Å²) in [5.41, 5.74) is 0. The Balaban J connectivity index is 2.36. The molecule has 1 N–H and O–H groups in total. The van der Waals surface area contributed by atoms with Gasteiger partial charge in [-0.05, 0) is 31.6 Å². The van der Waals surface area contributed by atoms with Crippen molar-refractivity contribution in [3.8, 4) is 0 Å². The lowest BCUT2D eigenvalue weighted by molar-refractivity contribution is 0.527. The van der Waals surface area contributed by atoms with Gasteiger partial charge in [0.15, 0.2) is 0 Å². The number of hydrogen-bond acceptors (Lipinski definition) is 4. The predicted molar refractivity (Wildman–Crippen MR) is 77.7 cm³/mol. The van der Waals surface area contributed by atoms with Crippen LogP contribution in [0, 0.1) is 5.92 Å². The summed E-state index contributed by atoms with van der Waals surface area (Å²) in [5, 5.41) is -0.568. The number of halogens is 1. The van der Waals surface area contributed by atoms with E-state index in [1.165, 1.54) is 0 Å². The summed E-state index contributed by atoms with van der Waals surface area (Å²) in [7, 11) is -6.41. The average molecular weight is 332 g/mol. The van der Waals surface area contributed by atoms with Gasteiger partial charge in [-0.3, -0.25) is 0 Å². The Labute approximate surface area is 121 Å². The van der Waals surface area contributed by atoms with Gasteiger partial charge in [0.2, 0.25) is 10.0 Å². The van der Waals surface area contributed by atoms with Crippen LogP contribution in [0.15, 0.2) is 0 Å². The van der Waals surface area contributed by atoms with Crippen LogP contribution in [-0.4, -0.2) is 46.0 Å². The van der Waals surface area contributed by atoms with Gasteiger partial charge < -0.3 is 0 Å². The Bertz CT molecular complexity index is 461. The van der Waals surface area contributed by atoms with Gasteiger partial charge in [0.1, 0.15) is 9.84 Å². The molecule has 1 aliphatic heterocycles. The first kappa shape index (κ1) is 17.2. The van der Waals surface area contributed by atoms with Crippen molar-refractivity contribution in [3.63, 3.8) is 0 Å². The molecule has 0 amide bonds. The summed E-state index contributed by atoms with van der Waals surface area (Å²) in [6, 6.07) is 0. The smallest absolute Gasteiger partial charge is 0.214 e. The quantitative estimate of drug-likeness (QED) is 0.560. The summed E-state index contributed by atoms with van der Waals surface area (Å²) in [5.74, 6) is 0.905. The lowest BCUT2D eigenvalue weighted by Gasteiger charge is -2.22. The number of nitrogens with one attached hydrogen (secondary N) is 1. The van der Waals surface area contributed by atoms with Crippen LogP contribution < -0.4 is 4.72 Å². The molecule has 1 unspecified atom stereocenters. The number of alkyl halides is 1. The molecule has 0 aromatic rings. The van der Waals surface area contributed by atoms with E-state index in [1.807, 2.05) is 6.92 Å². The van der Waals surface area contributed by atoms with Crippen molar-refractivity contribution < 1.29 is 16.8 Å². The summed E-state index contributed by atoms with van der Waals surface area (Å²) >= 11 is 5.67. The third-order valence-corrected chi connectivity index (χ3v) is 7.58. The molecule has 19 heavy (non-hydrogen) atoms. The van der Waals surface area contributed by atoms with Gasteiger partial charge in [-0.2, -0.15) is 0 Å². The summed E-state index contributed by atoms with van der Waals surface area (Å²) in [4.78, 5) is 0. The van der Waals surface area contributed by atoms with Gasteiger partial charge in [0.05, 0.1) is 16.8 Å². The first-order chi connectivity index (χ1) is 8.77. The summed E-state index contributed by atoms with van der Waals surface area (Å²) < 4.78 is 49.1. The maximum atomic E-state index is 12.0. The van der Waals surface area contributed by atoms with Crippen LogP contribution >= 0.6 is 11.6 Å². The molecule has 8 heteroatoms. The van der Waals surface area contributed by atoms with Crippen molar-refractivity contribution in [1.82, 2.24) is 4.72 Å². The van der Waals surface area contributed by atoms with E-state index < -0.39 is 25.1 Å². The van der Waals surface area contributed by atoms with Crippen LogP contribution in [0.5, 0.6) is 0 Å². The summed E-state index contributed by atoms with van der Waals surface area (Å²) in [6.07, 6.45) is 2.04. The second-order valence-electron chi connectivity index (χ2n) is 5.19. The van der Waals surface area contributed by atoms with E-state index in [2.05, 4.69) is 4.72 Å². The average Bonchev–Trinajstić information content (AvgIpc) is 2.33. The Morgan fingerprint density at radius 3 is 2.42 bits per heavy atom. The van der Waals surface area contributed by atoms with Crippen LogP contribution in [-0.2, 0) is 19.9 Å². The molecule has 0 radical (unpaired) electrons. The predicted octanol–water partition coefficient (Wildman–Crippen LogP) is 1.14. The molecule has 5 nitrogen and oxygen atoms in total. The van der Waals surface area contributed by atoms with Crippen LogP contribution in [0.25, 0.3) is 0 Å². The second kappa shape index (κ2) is 7.24. The number of hydrogen-bond donors (Lipinski definition) is 1. The molecule has 0 spiro atoms. The zero-order chi connectivity index (χ0) is 14.5. The van der Waals surface area contributed by atoms with Crippen LogP contribution in [0.4, 0.5) is 0 Å². The monoisotopic (exact) mass is 331 g/mol. The maximum Gasteiger partial charge on any atom is 0.214 e. The van der Waals surface area contributed by atoms with E-state index in [1.54, 1.807) is 0 Å². The third kappa shape index (κ3) is 5.97. The molecule has 1 saturated heterocycles. The summed E-state index contributed by atoms with van der Waals surface area (Å²) in [6.45, 7) is 2.42. The minimum Gasteiger partial charge on any atom is -0.229 e. The zero-order valence-electron chi connectivity index (χ0n) is 11.1. The van der Waals surface area contributed by atoms with Gasteiger partial charge in [0.25, 0.3) is 0 Å². The maximum absolute atomic E-state index is 12.0. The molecule has 0 aliphatic carbocycles. The van der Waals surface area contributed by atoms with Crippen molar-refractivity contribution >= 4 is 31.5 Å². The minimum absolute atomic E-state index is 0.0259. The topological polar surface area (TPSA) is 80.3 Å². The molecule has 1 aliphatic rings. The van der Waals surface area contributed by atoms with E-state index in [9.17, 15) is 16.8 Å². The van der Waals surface area contributed by atoms with Crippen molar-refractivity contribution in [2.75, 3.05) is 23.9 Å². The van der Waals surface area contributed by atoms with Gasteiger partial charge in [-0.1, -0.05) is 6.92 Å². The van der Waals surface area contributed by atoms with Gasteiger partial charge in [-0.15, -0.1) is 11.6 Å². The molecule has 114 valence electrons. The van der Waals surface area contributed by atoms with Crippen molar-refractivity contribution in [3.05, 3.63) is 0 Å². The number of sulfonamides is 1. The highest BCUT2D eigenvalue weighted by atomic mass is 35.5. The fourth-order valence-electron chi connectivity index (χ4n) is 2.04. The Morgan fingerprint density at radius 1 is 1.32 bits per heavy atom. The highest BCUT2D eigenvalue weighted by Gasteiger charge is 2.32. The molecule has 0 saturated carbocycles. The van der Waals surface area contributed by atoms with Crippen molar-refractivity contribution in [2.45, 2.75) is 37.9 Å². The fraction of sp³-hybridized carbons (Fsp3) is 1.00. The van der Waals surface area contributed by atoms with E-state index in [0.29, 0.717) is 18.3 Å². The minimum atomic E-state index is -3.39. The van der Waals surface area contributed by atoms with E-state index in [0.717, 1.165) is 12.8 Å². The zero-order valence-corrected chi connectivity index (χ0v) is 13.5. The van der Waals surface area contributed by atoms with Crippen molar-refractivity contribution in [1.29, 1.82) is 0 Å². The highest BCUT2D eigenvalue weighted by Crippen LogP contribution is 2.18. The van der Waals surface area contributed by atoms with E-state index >= 15 is 0 Å². The Kier molecular flexibility index (Phi) is 6.56. The van der Waals surface area contributed by atoms with E-state index in [-0.39, 0.29) is 24.3 Å². The molecule has 1 rings (SSSR count). The van der Waals surface area contributed by atoms with Gasteiger partial charge in [-0.25, -0.2) is 21.6 Å². The Morgan fingerprint density at radius 2 is 1.89 bits per heavy atom. The lowest BCUT2D eigenvalue weighted by atomic mass is 10.1. The Hall–Kier alpha value is 0.150. The molecule has 1 fully saturated rings. The molecule has 0 bridgehead atoms. The molecule has 0 aromatic carbocycles. The first-order valence-electron chi connectivity index (χ1n) is 6.52. The molecular weight excluding hydrogens is 310 g/mol. The van der Waals surface area contributed by atoms with E-state index in [4.69, 9.17) is 11.6 Å². The van der Waals surface area contributed by atoms with Gasteiger partial charge in [0, 0.05) is 12.4 Å². The highest BCUT2D eigenvalue weighted by molar-refractivity contribution is 7.92. The number of sulfone groups is 1. The van der Waals surface area contributed by atoms with Gasteiger partial charge >= 0.3 is 0 Å². The number of rotatable bonds is 7. The molecular formula is C11H22ClNO4S2. The third-order valence-electron chi connectivity index (χ3n) is 3.38. The lowest BCUT2D eigenvalue weighted by Crippen LogP contribution is -2.40. The first-order valence-corrected chi connectivity index (χ1v) is 10.4. The van der Waals surface area contributed by atoms with Crippen LogP contribution in [0.1, 0.15) is 32.6 Å². The standard InChI is InChI=1S/C11H22ClNO4S2/c1-10(9-12)3-2-6-13-19(16,17)11-4-7-18(14,15)8-5-11/h10-11,13H,2-9H2,1H3. The largest absolute Gasteiger partial charge is 0.229 e. The molecule has 1 heterocycles. The normalized spacial score (nSPS) is 22.2. The molecule has 0 aromatic heterocycles. The molecule has 1 atom stereocenters. The fourth-order valence-corrected chi connectivity index (χ4v) is 5.50. The van der Waals surface area contributed by atoms with Crippen LogP contribution in [0.2, 0.25) is 0 Å². The van der Waals surface area contributed by atoms with Crippen molar-refractivity contribution in [2.24, 2.45) is 5.92 Å². The van der Waals surface area contributed by atoms with Crippen LogP contribution in [0.3, 0.4) is 0 Å². The SMILES string of the molecule is CC(CCl)CCCNS(=O)(=O)C1CCS(=O)(=O)CC1. The second-order valence-corrected chi connectivity index (χ2v) is 9.85.